The average molecular weight is 267 g/mol. The number of aliphatic hydroxyl groups excluding tert-OH is 2. The lowest BCUT2D eigenvalue weighted by atomic mass is 10.0. The molecule has 0 aliphatic carbocycles. The Bertz CT molecular complexity index is 391. The topological polar surface area (TPSA) is 78.8 Å². The Morgan fingerprint density at radius 3 is 2.47 bits per heavy atom. The molecule has 19 heavy (non-hydrogen) atoms. The molecule has 1 aromatic rings. The smallest absolute Gasteiger partial charge is 0.216 e. The molecule has 0 heterocycles. The van der Waals surface area contributed by atoms with Gasteiger partial charge in [-0.3, -0.25) is 4.79 Å². The van der Waals surface area contributed by atoms with Crippen LogP contribution in [0.5, 0.6) is 5.75 Å². The van der Waals surface area contributed by atoms with Crippen LogP contribution in [0, 0.1) is 0 Å². The minimum Gasteiger partial charge on any atom is -0.494 e. The third kappa shape index (κ3) is 5.28. The zero-order valence-electron chi connectivity index (χ0n) is 11.3. The number of hydrogen-bond acceptors (Lipinski definition) is 4. The van der Waals surface area contributed by atoms with E-state index in [0.717, 1.165) is 5.75 Å². The average Bonchev–Trinajstić information content (AvgIpc) is 2.38. The molecule has 1 aromatic carbocycles. The molecule has 106 valence electrons. The van der Waals surface area contributed by atoms with Crippen molar-refractivity contribution >= 4 is 5.91 Å². The van der Waals surface area contributed by atoms with Crippen LogP contribution in [0.25, 0.3) is 0 Å². The number of hydrogen-bond donors (Lipinski definition) is 3. The van der Waals surface area contributed by atoms with E-state index in [1.165, 1.54) is 6.92 Å². The van der Waals surface area contributed by atoms with Crippen molar-refractivity contribution in [2.24, 2.45) is 0 Å². The molecule has 2 atom stereocenters. The number of amides is 1. The van der Waals surface area contributed by atoms with Gasteiger partial charge in [0.2, 0.25) is 5.91 Å². The first-order valence-corrected chi connectivity index (χ1v) is 6.38. The fourth-order valence-corrected chi connectivity index (χ4v) is 1.70. The Hall–Kier alpha value is -1.59. The van der Waals surface area contributed by atoms with Gasteiger partial charge < -0.3 is 20.3 Å². The summed E-state index contributed by atoms with van der Waals surface area (Å²) in [5.74, 6) is 0.578. The van der Waals surface area contributed by atoms with E-state index in [1.807, 2.05) is 6.92 Å². The van der Waals surface area contributed by atoms with E-state index in [-0.39, 0.29) is 5.91 Å². The first-order valence-electron chi connectivity index (χ1n) is 6.38. The maximum absolute atomic E-state index is 10.7. The highest BCUT2D eigenvalue weighted by molar-refractivity contribution is 5.72. The van der Waals surface area contributed by atoms with Crippen LogP contribution in [0.1, 0.15) is 31.9 Å². The van der Waals surface area contributed by atoms with Crippen LogP contribution < -0.4 is 10.1 Å². The monoisotopic (exact) mass is 267 g/mol. The van der Waals surface area contributed by atoms with E-state index in [0.29, 0.717) is 25.1 Å². The van der Waals surface area contributed by atoms with Crippen molar-refractivity contribution in [3.63, 3.8) is 0 Å². The van der Waals surface area contributed by atoms with Crippen LogP contribution >= 0.6 is 0 Å². The molecule has 0 radical (unpaired) electrons. The maximum atomic E-state index is 10.7. The maximum Gasteiger partial charge on any atom is 0.216 e. The second-order valence-corrected chi connectivity index (χ2v) is 4.29. The van der Waals surface area contributed by atoms with Crippen LogP contribution in [0.4, 0.5) is 0 Å². The van der Waals surface area contributed by atoms with Gasteiger partial charge in [0, 0.05) is 13.5 Å². The molecule has 0 aromatic heterocycles. The molecule has 5 heteroatoms. The molecule has 0 saturated heterocycles. The molecular weight excluding hydrogens is 246 g/mol. The number of rotatable bonds is 7. The van der Waals surface area contributed by atoms with Crippen molar-refractivity contribution in [3.05, 3.63) is 29.8 Å². The predicted molar refractivity (Wildman–Crippen MR) is 71.9 cm³/mol. The fraction of sp³-hybridized carbons (Fsp3) is 0.500. The second-order valence-electron chi connectivity index (χ2n) is 4.29. The first kappa shape index (κ1) is 15.5. The molecule has 5 nitrogen and oxygen atoms in total. The quantitative estimate of drug-likeness (QED) is 0.689. The van der Waals surface area contributed by atoms with Gasteiger partial charge in [-0.25, -0.2) is 0 Å². The Labute approximate surface area is 113 Å². The normalized spacial score (nSPS) is 13.7. The Morgan fingerprint density at radius 1 is 1.32 bits per heavy atom. The molecule has 1 amide bonds. The minimum atomic E-state index is -0.968. The van der Waals surface area contributed by atoms with E-state index >= 15 is 0 Å². The fourth-order valence-electron chi connectivity index (χ4n) is 1.70. The molecule has 0 bridgehead atoms. The van der Waals surface area contributed by atoms with E-state index < -0.39 is 12.2 Å². The van der Waals surface area contributed by atoms with Crippen molar-refractivity contribution < 1.29 is 19.7 Å². The zero-order chi connectivity index (χ0) is 14.3. The SMILES string of the molecule is CCOc1ccc(C(O)C(O)CCNC(C)=O)cc1. The molecule has 3 N–H and O–H groups in total. The third-order valence-electron chi connectivity index (χ3n) is 2.71. The molecular formula is C14H21NO4. The Balaban J connectivity index is 2.51. The number of carbonyl (C=O) groups excluding carboxylic acids is 1. The van der Waals surface area contributed by atoms with Gasteiger partial charge in [-0.1, -0.05) is 12.1 Å². The molecule has 0 spiro atoms. The summed E-state index contributed by atoms with van der Waals surface area (Å²) in [6, 6.07) is 6.94. The first-order chi connectivity index (χ1) is 9.04. The number of carbonyl (C=O) groups is 1. The summed E-state index contributed by atoms with van der Waals surface area (Å²) in [6.07, 6.45) is -1.58. The molecule has 0 saturated carbocycles. The minimum absolute atomic E-state index is 0.150. The van der Waals surface area contributed by atoms with Gasteiger partial charge >= 0.3 is 0 Å². The zero-order valence-corrected chi connectivity index (χ0v) is 11.3. The van der Waals surface area contributed by atoms with Crippen molar-refractivity contribution in [2.75, 3.05) is 13.2 Å². The Kier molecular flexibility index (Phi) is 6.32. The summed E-state index contributed by atoms with van der Waals surface area (Å²) in [6.45, 7) is 4.23. The van der Waals surface area contributed by atoms with E-state index in [1.54, 1.807) is 24.3 Å². The van der Waals surface area contributed by atoms with Crippen LogP contribution in [0.2, 0.25) is 0 Å². The summed E-state index contributed by atoms with van der Waals surface area (Å²) < 4.78 is 5.30. The van der Waals surface area contributed by atoms with Crippen LogP contribution in [0.15, 0.2) is 24.3 Å². The van der Waals surface area contributed by atoms with Gasteiger partial charge in [0.15, 0.2) is 0 Å². The van der Waals surface area contributed by atoms with E-state index in [2.05, 4.69) is 5.32 Å². The largest absolute Gasteiger partial charge is 0.494 e. The lowest BCUT2D eigenvalue weighted by Gasteiger charge is -2.18. The molecule has 2 unspecified atom stereocenters. The lowest BCUT2D eigenvalue weighted by molar-refractivity contribution is -0.119. The van der Waals surface area contributed by atoms with Crippen molar-refractivity contribution in [1.82, 2.24) is 5.32 Å². The summed E-state index contributed by atoms with van der Waals surface area (Å²) >= 11 is 0. The second kappa shape index (κ2) is 7.76. The molecule has 0 aliphatic rings. The summed E-state index contributed by atoms with van der Waals surface area (Å²) in [7, 11) is 0. The number of benzene rings is 1. The third-order valence-corrected chi connectivity index (χ3v) is 2.71. The highest BCUT2D eigenvalue weighted by atomic mass is 16.5. The van der Waals surface area contributed by atoms with Gasteiger partial charge in [-0.2, -0.15) is 0 Å². The van der Waals surface area contributed by atoms with E-state index in [9.17, 15) is 15.0 Å². The van der Waals surface area contributed by atoms with Crippen molar-refractivity contribution in [1.29, 1.82) is 0 Å². The predicted octanol–water partition coefficient (Wildman–Crippen LogP) is 1.01. The molecule has 1 rings (SSSR count). The van der Waals surface area contributed by atoms with Crippen LogP contribution in [-0.2, 0) is 4.79 Å². The summed E-state index contributed by atoms with van der Waals surface area (Å²) in [4.78, 5) is 10.7. The number of aliphatic hydroxyl groups is 2. The van der Waals surface area contributed by atoms with Gasteiger partial charge in [-0.15, -0.1) is 0 Å². The number of nitrogens with one attached hydrogen (secondary N) is 1. The lowest BCUT2D eigenvalue weighted by Crippen LogP contribution is -2.27. The highest BCUT2D eigenvalue weighted by Gasteiger charge is 2.18. The van der Waals surface area contributed by atoms with Crippen molar-refractivity contribution in [3.8, 4) is 5.75 Å². The molecule has 0 aliphatic heterocycles. The Morgan fingerprint density at radius 2 is 1.95 bits per heavy atom. The standard InChI is InChI=1S/C14H21NO4/c1-3-19-12-6-4-11(5-7-12)14(18)13(17)8-9-15-10(2)16/h4-7,13-14,17-18H,3,8-9H2,1-2H3,(H,15,16). The summed E-state index contributed by atoms with van der Waals surface area (Å²) in [5.41, 5.74) is 0.624. The summed E-state index contributed by atoms with van der Waals surface area (Å²) in [5, 5.41) is 22.4. The van der Waals surface area contributed by atoms with Crippen LogP contribution in [0.3, 0.4) is 0 Å². The van der Waals surface area contributed by atoms with Gasteiger partial charge in [0.05, 0.1) is 12.7 Å². The van der Waals surface area contributed by atoms with Gasteiger partial charge in [-0.05, 0) is 31.0 Å². The van der Waals surface area contributed by atoms with Crippen LogP contribution in [-0.4, -0.2) is 35.4 Å². The van der Waals surface area contributed by atoms with Gasteiger partial charge in [0.1, 0.15) is 11.9 Å². The van der Waals surface area contributed by atoms with E-state index in [4.69, 9.17) is 4.74 Å². The molecule has 0 fully saturated rings. The highest BCUT2D eigenvalue weighted by Crippen LogP contribution is 2.21. The van der Waals surface area contributed by atoms with Gasteiger partial charge in [0.25, 0.3) is 0 Å². The van der Waals surface area contributed by atoms with Crippen molar-refractivity contribution in [2.45, 2.75) is 32.5 Å². The number of ether oxygens (including phenoxy) is 1.